The molecule has 6 heteroatoms. The molecule has 5 aromatic rings. The van der Waals surface area contributed by atoms with Crippen molar-refractivity contribution in [3.8, 4) is 28.1 Å². The molecule has 5 nitrogen and oxygen atoms in total. The number of carbonyl (C=O) groups is 1. The van der Waals surface area contributed by atoms with E-state index in [9.17, 15) is 4.79 Å². The summed E-state index contributed by atoms with van der Waals surface area (Å²) in [7, 11) is 2.06. The SMILES string of the molecule is CN(CCCNC(=O)c1cnn(-c2cccc(Cl)c2)c1-c1ccc(-c2ccccc2)cc1)c1ccccc1. The summed E-state index contributed by atoms with van der Waals surface area (Å²) in [5.74, 6) is -0.150. The standard InChI is InChI=1S/C32H29ClN4O/c1-36(28-13-6-3-7-14-28)21-9-20-34-32(38)30-23-35-37(29-15-8-12-27(33)22-29)31(30)26-18-16-25(17-19-26)24-10-4-2-5-11-24/h2-8,10-19,22-23H,9,20-21H2,1H3,(H,34,38). The fraction of sp³-hybridized carbons (Fsp3) is 0.125. The van der Waals surface area contributed by atoms with Crippen molar-refractivity contribution in [2.75, 3.05) is 25.0 Å². The van der Waals surface area contributed by atoms with Crippen LogP contribution in [-0.4, -0.2) is 35.8 Å². The zero-order chi connectivity index (χ0) is 26.3. The van der Waals surface area contributed by atoms with Gasteiger partial charge in [-0.2, -0.15) is 5.10 Å². The monoisotopic (exact) mass is 520 g/mol. The lowest BCUT2D eigenvalue weighted by molar-refractivity contribution is 0.0954. The first-order chi connectivity index (χ1) is 18.6. The molecule has 0 fully saturated rings. The number of nitrogens with one attached hydrogen (secondary N) is 1. The molecule has 0 aliphatic rings. The molecule has 0 aliphatic carbocycles. The third-order valence-corrected chi connectivity index (χ3v) is 6.72. The lowest BCUT2D eigenvalue weighted by Gasteiger charge is -2.19. The van der Waals surface area contributed by atoms with Crippen molar-refractivity contribution >= 4 is 23.2 Å². The minimum Gasteiger partial charge on any atom is -0.375 e. The van der Waals surface area contributed by atoms with Gasteiger partial charge in [-0.3, -0.25) is 4.79 Å². The number of aromatic nitrogens is 2. The normalized spacial score (nSPS) is 10.8. The molecule has 38 heavy (non-hydrogen) atoms. The smallest absolute Gasteiger partial charge is 0.255 e. The molecule has 0 aliphatic heterocycles. The maximum Gasteiger partial charge on any atom is 0.255 e. The molecule has 0 saturated carbocycles. The Labute approximate surface area is 228 Å². The minimum atomic E-state index is -0.150. The van der Waals surface area contributed by atoms with E-state index in [1.165, 1.54) is 0 Å². The van der Waals surface area contributed by atoms with E-state index in [0.29, 0.717) is 17.1 Å². The second-order valence-corrected chi connectivity index (χ2v) is 9.54. The Hall–Kier alpha value is -4.35. The molecule has 1 aromatic heterocycles. The Morgan fingerprint density at radius 1 is 0.842 bits per heavy atom. The second kappa shape index (κ2) is 11.8. The van der Waals surface area contributed by atoms with Gasteiger partial charge in [-0.1, -0.05) is 90.5 Å². The van der Waals surface area contributed by atoms with Gasteiger partial charge in [0.05, 0.1) is 23.1 Å². The quantitative estimate of drug-likeness (QED) is 0.211. The maximum absolute atomic E-state index is 13.3. The zero-order valence-electron chi connectivity index (χ0n) is 21.2. The van der Waals surface area contributed by atoms with Gasteiger partial charge < -0.3 is 10.2 Å². The number of carbonyl (C=O) groups excluding carboxylic acids is 1. The van der Waals surface area contributed by atoms with Crippen molar-refractivity contribution in [3.63, 3.8) is 0 Å². The van der Waals surface area contributed by atoms with E-state index < -0.39 is 0 Å². The molecule has 0 spiro atoms. The number of nitrogens with zero attached hydrogens (tertiary/aromatic N) is 3. The Morgan fingerprint density at radius 3 is 2.21 bits per heavy atom. The molecule has 5 rings (SSSR count). The van der Waals surface area contributed by atoms with Crippen LogP contribution in [0, 0.1) is 0 Å². The highest BCUT2D eigenvalue weighted by atomic mass is 35.5. The number of anilines is 1. The first kappa shape index (κ1) is 25.3. The fourth-order valence-electron chi connectivity index (χ4n) is 4.47. The average molecular weight is 521 g/mol. The number of halogens is 1. The van der Waals surface area contributed by atoms with Crippen LogP contribution in [0.3, 0.4) is 0 Å². The topological polar surface area (TPSA) is 50.2 Å². The summed E-state index contributed by atoms with van der Waals surface area (Å²) >= 11 is 6.28. The molecule has 190 valence electrons. The maximum atomic E-state index is 13.3. The van der Waals surface area contributed by atoms with Gasteiger partial charge in [0, 0.05) is 36.4 Å². The van der Waals surface area contributed by atoms with Gasteiger partial charge in [0.2, 0.25) is 0 Å². The van der Waals surface area contributed by atoms with E-state index in [4.69, 9.17) is 11.6 Å². The van der Waals surface area contributed by atoms with E-state index >= 15 is 0 Å². The zero-order valence-corrected chi connectivity index (χ0v) is 22.0. The van der Waals surface area contributed by atoms with Crippen LogP contribution in [-0.2, 0) is 0 Å². The van der Waals surface area contributed by atoms with Gasteiger partial charge >= 0.3 is 0 Å². The summed E-state index contributed by atoms with van der Waals surface area (Å²) in [6.45, 7) is 1.39. The van der Waals surface area contributed by atoms with Gasteiger partial charge in [0.1, 0.15) is 0 Å². The van der Waals surface area contributed by atoms with Crippen molar-refractivity contribution in [3.05, 3.63) is 126 Å². The number of benzene rings is 4. The number of hydrogen-bond donors (Lipinski definition) is 1. The molecule has 1 heterocycles. The third kappa shape index (κ3) is 5.79. The van der Waals surface area contributed by atoms with Crippen molar-refractivity contribution < 1.29 is 4.79 Å². The summed E-state index contributed by atoms with van der Waals surface area (Å²) in [5, 5.41) is 8.28. The molecule has 0 atom stereocenters. The highest BCUT2D eigenvalue weighted by Gasteiger charge is 2.20. The molecule has 0 radical (unpaired) electrons. The third-order valence-electron chi connectivity index (χ3n) is 6.48. The average Bonchev–Trinajstić information content (AvgIpc) is 3.42. The van der Waals surface area contributed by atoms with Crippen molar-refractivity contribution in [2.24, 2.45) is 0 Å². The van der Waals surface area contributed by atoms with Crippen LogP contribution in [0.15, 0.2) is 115 Å². The molecule has 1 amide bonds. The molecule has 0 bridgehead atoms. The van der Waals surface area contributed by atoms with Gasteiger partial charge in [0.25, 0.3) is 5.91 Å². The highest BCUT2D eigenvalue weighted by molar-refractivity contribution is 6.30. The van der Waals surface area contributed by atoms with Crippen LogP contribution in [0.4, 0.5) is 5.69 Å². The van der Waals surface area contributed by atoms with Crippen LogP contribution in [0.5, 0.6) is 0 Å². The molecular weight excluding hydrogens is 492 g/mol. The highest BCUT2D eigenvalue weighted by Crippen LogP contribution is 2.30. The number of amides is 1. The summed E-state index contributed by atoms with van der Waals surface area (Å²) in [6, 6.07) is 36.1. The second-order valence-electron chi connectivity index (χ2n) is 9.11. The summed E-state index contributed by atoms with van der Waals surface area (Å²) < 4.78 is 1.78. The summed E-state index contributed by atoms with van der Waals surface area (Å²) in [5.41, 5.74) is 6.35. The lowest BCUT2D eigenvalue weighted by Crippen LogP contribution is -2.28. The summed E-state index contributed by atoms with van der Waals surface area (Å²) in [6.07, 6.45) is 2.45. The Morgan fingerprint density at radius 2 is 1.50 bits per heavy atom. The van der Waals surface area contributed by atoms with Gasteiger partial charge in [-0.05, 0) is 47.9 Å². The van der Waals surface area contributed by atoms with Crippen molar-refractivity contribution in [1.29, 1.82) is 0 Å². The molecule has 0 unspecified atom stereocenters. The predicted molar refractivity (Wildman–Crippen MR) is 156 cm³/mol. The molecule has 1 N–H and O–H groups in total. The lowest BCUT2D eigenvalue weighted by atomic mass is 10.0. The largest absolute Gasteiger partial charge is 0.375 e. The number of para-hydroxylation sites is 1. The van der Waals surface area contributed by atoms with Crippen molar-refractivity contribution in [2.45, 2.75) is 6.42 Å². The van der Waals surface area contributed by atoms with E-state index in [1.54, 1.807) is 10.9 Å². The Balaban J connectivity index is 1.37. The van der Waals surface area contributed by atoms with Crippen molar-refractivity contribution in [1.82, 2.24) is 15.1 Å². The molecular formula is C32H29ClN4O. The van der Waals surface area contributed by atoms with E-state index in [2.05, 4.69) is 58.8 Å². The van der Waals surface area contributed by atoms with Crippen LogP contribution >= 0.6 is 11.6 Å². The Bertz CT molecular complexity index is 1500. The molecule has 4 aromatic carbocycles. The van der Waals surface area contributed by atoms with Gasteiger partial charge in [0.15, 0.2) is 0 Å². The summed E-state index contributed by atoms with van der Waals surface area (Å²) in [4.78, 5) is 15.5. The fourth-order valence-corrected chi connectivity index (χ4v) is 4.66. The van der Waals surface area contributed by atoms with Crippen LogP contribution in [0.25, 0.3) is 28.1 Å². The van der Waals surface area contributed by atoms with Gasteiger partial charge in [-0.25, -0.2) is 4.68 Å². The first-order valence-corrected chi connectivity index (χ1v) is 13.0. The number of hydrogen-bond acceptors (Lipinski definition) is 3. The van der Waals surface area contributed by atoms with Crippen LogP contribution < -0.4 is 10.2 Å². The first-order valence-electron chi connectivity index (χ1n) is 12.6. The molecule has 0 saturated heterocycles. The minimum absolute atomic E-state index is 0.150. The van der Waals surface area contributed by atoms with Crippen LogP contribution in [0.1, 0.15) is 16.8 Å². The van der Waals surface area contributed by atoms with E-state index in [0.717, 1.165) is 46.7 Å². The van der Waals surface area contributed by atoms with Crippen LogP contribution in [0.2, 0.25) is 5.02 Å². The Kier molecular flexibility index (Phi) is 7.86. The van der Waals surface area contributed by atoms with E-state index in [1.807, 2.05) is 72.8 Å². The van der Waals surface area contributed by atoms with Gasteiger partial charge in [-0.15, -0.1) is 0 Å². The number of rotatable bonds is 9. The predicted octanol–water partition coefficient (Wildman–Crippen LogP) is 7.12. The van der Waals surface area contributed by atoms with E-state index in [-0.39, 0.29) is 5.91 Å².